The standard InChI is InChI=1S/C6H4Br2O4/c7-1-3(9)5(11)6(12)4(10)2-8/h1-2H2. The van der Waals surface area contributed by atoms with Crippen LogP contribution in [-0.2, 0) is 19.2 Å². The van der Waals surface area contributed by atoms with E-state index < -0.39 is 23.1 Å². The van der Waals surface area contributed by atoms with Crippen LogP contribution in [0.1, 0.15) is 0 Å². The second-order valence-electron chi connectivity index (χ2n) is 1.77. The molecule has 0 aliphatic rings. The molecule has 66 valence electrons. The Hall–Kier alpha value is -0.360. The van der Waals surface area contributed by atoms with Crippen LogP contribution in [-0.4, -0.2) is 33.8 Å². The van der Waals surface area contributed by atoms with Crippen LogP contribution >= 0.6 is 31.9 Å². The molecule has 0 rings (SSSR count). The number of hydrogen-bond donors (Lipinski definition) is 0. The molecule has 4 nitrogen and oxygen atoms in total. The Morgan fingerprint density at radius 1 is 0.750 bits per heavy atom. The number of hydrogen-bond acceptors (Lipinski definition) is 4. The molecule has 0 aromatic heterocycles. The molecule has 0 aromatic carbocycles. The predicted molar refractivity (Wildman–Crippen MR) is 47.6 cm³/mol. The maximum absolute atomic E-state index is 10.7. The zero-order chi connectivity index (χ0) is 9.72. The molecule has 0 aliphatic heterocycles. The molecule has 0 amide bonds. The topological polar surface area (TPSA) is 68.3 Å². The van der Waals surface area contributed by atoms with Crippen LogP contribution in [0.15, 0.2) is 0 Å². The van der Waals surface area contributed by atoms with Crippen LogP contribution in [0.4, 0.5) is 0 Å². The van der Waals surface area contributed by atoms with Gasteiger partial charge in [0, 0.05) is 0 Å². The normalized spacial score (nSPS) is 9.17. The van der Waals surface area contributed by atoms with E-state index in [1.165, 1.54) is 0 Å². The van der Waals surface area contributed by atoms with Crippen LogP contribution < -0.4 is 0 Å². The summed E-state index contributed by atoms with van der Waals surface area (Å²) in [6, 6.07) is 0. The Labute approximate surface area is 84.9 Å². The summed E-state index contributed by atoms with van der Waals surface area (Å²) in [5.41, 5.74) is 0. The lowest BCUT2D eigenvalue weighted by Crippen LogP contribution is -2.31. The number of alkyl halides is 2. The molecule has 0 unspecified atom stereocenters. The maximum atomic E-state index is 10.7. The molecule has 0 N–H and O–H groups in total. The van der Waals surface area contributed by atoms with Crippen LogP contribution in [0.3, 0.4) is 0 Å². The third kappa shape index (κ3) is 2.94. The van der Waals surface area contributed by atoms with Gasteiger partial charge in [-0.05, 0) is 0 Å². The van der Waals surface area contributed by atoms with Gasteiger partial charge in [0.25, 0.3) is 11.6 Å². The first-order valence-electron chi connectivity index (χ1n) is 2.81. The van der Waals surface area contributed by atoms with E-state index in [0.29, 0.717) is 0 Å². The van der Waals surface area contributed by atoms with Gasteiger partial charge >= 0.3 is 0 Å². The largest absolute Gasteiger partial charge is 0.289 e. The molecule has 0 aromatic rings. The monoisotopic (exact) mass is 298 g/mol. The van der Waals surface area contributed by atoms with Crippen LogP contribution in [0.2, 0.25) is 0 Å². The second kappa shape index (κ2) is 5.31. The molecule has 0 aliphatic carbocycles. The van der Waals surface area contributed by atoms with Crippen LogP contribution in [0.5, 0.6) is 0 Å². The molecule has 0 heterocycles. The highest BCUT2D eigenvalue weighted by molar-refractivity contribution is 9.09. The van der Waals surface area contributed by atoms with E-state index in [4.69, 9.17) is 0 Å². The van der Waals surface area contributed by atoms with Gasteiger partial charge in [-0.2, -0.15) is 0 Å². The van der Waals surface area contributed by atoms with Gasteiger partial charge < -0.3 is 0 Å². The second-order valence-corrected chi connectivity index (χ2v) is 2.89. The van der Waals surface area contributed by atoms with Crippen molar-refractivity contribution in [3.05, 3.63) is 0 Å². The van der Waals surface area contributed by atoms with Crippen molar-refractivity contribution in [2.24, 2.45) is 0 Å². The third-order valence-electron chi connectivity index (χ3n) is 0.955. The van der Waals surface area contributed by atoms with Crippen molar-refractivity contribution in [2.45, 2.75) is 0 Å². The highest BCUT2D eigenvalue weighted by atomic mass is 79.9. The molecule has 6 heteroatoms. The Morgan fingerprint density at radius 2 is 1.00 bits per heavy atom. The van der Waals surface area contributed by atoms with Gasteiger partial charge in [0.05, 0.1) is 10.7 Å². The van der Waals surface area contributed by atoms with Crippen molar-refractivity contribution in [1.82, 2.24) is 0 Å². The highest BCUT2D eigenvalue weighted by Gasteiger charge is 2.26. The van der Waals surface area contributed by atoms with Gasteiger partial charge in [-0.3, -0.25) is 19.2 Å². The molecule has 0 saturated carbocycles. The maximum Gasteiger partial charge on any atom is 0.273 e. The molecular formula is C6H4Br2O4. The zero-order valence-corrected chi connectivity index (χ0v) is 8.98. The van der Waals surface area contributed by atoms with Gasteiger partial charge in [-0.15, -0.1) is 0 Å². The summed E-state index contributed by atoms with van der Waals surface area (Å²) in [6.07, 6.45) is 0. The van der Waals surface area contributed by atoms with Crippen molar-refractivity contribution < 1.29 is 19.2 Å². The smallest absolute Gasteiger partial charge is 0.273 e. The minimum absolute atomic E-state index is 0.243. The van der Waals surface area contributed by atoms with Crippen molar-refractivity contribution in [3.63, 3.8) is 0 Å². The van der Waals surface area contributed by atoms with Gasteiger partial charge in [0.1, 0.15) is 0 Å². The van der Waals surface area contributed by atoms with E-state index >= 15 is 0 Å². The van der Waals surface area contributed by atoms with Gasteiger partial charge in [0.15, 0.2) is 0 Å². The van der Waals surface area contributed by atoms with Crippen LogP contribution in [0, 0.1) is 0 Å². The van der Waals surface area contributed by atoms with Crippen molar-refractivity contribution in [1.29, 1.82) is 0 Å². The molecule has 0 radical (unpaired) electrons. The Balaban J connectivity index is 4.41. The molecule has 0 spiro atoms. The number of carbonyl (C=O) groups is 4. The molecular weight excluding hydrogens is 296 g/mol. The summed E-state index contributed by atoms with van der Waals surface area (Å²) in [5, 5.41) is -0.486. The van der Waals surface area contributed by atoms with Crippen molar-refractivity contribution in [3.8, 4) is 0 Å². The van der Waals surface area contributed by atoms with Gasteiger partial charge in [-0.1, -0.05) is 31.9 Å². The lowest BCUT2D eigenvalue weighted by atomic mass is 10.1. The van der Waals surface area contributed by atoms with Crippen molar-refractivity contribution >= 4 is 55.0 Å². The summed E-state index contributed by atoms with van der Waals surface area (Å²) in [4.78, 5) is 42.6. The van der Waals surface area contributed by atoms with E-state index in [-0.39, 0.29) is 10.7 Å². The quantitative estimate of drug-likeness (QED) is 0.409. The Bertz CT molecular complexity index is 220. The number of ketones is 4. The molecule has 0 saturated heterocycles. The molecule has 0 bridgehead atoms. The first-order valence-corrected chi connectivity index (χ1v) is 5.05. The first-order chi connectivity index (χ1) is 5.54. The fourth-order valence-electron chi connectivity index (χ4n) is 0.375. The fraction of sp³-hybridized carbons (Fsp3) is 0.333. The third-order valence-corrected chi connectivity index (χ3v) is 1.97. The minimum atomic E-state index is -1.27. The molecule has 12 heavy (non-hydrogen) atoms. The predicted octanol–water partition coefficient (Wildman–Crippen LogP) is 0.0526. The number of carbonyl (C=O) groups excluding carboxylic acids is 4. The first kappa shape index (κ1) is 11.6. The summed E-state index contributed by atoms with van der Waals surface area (Å²) in [5.74, 6) is -4.35. The van der Waals surface area contributed by atoms with E-state index in [1.807, 2.05) is 0 Å². The van der Waals surface area contributed by atoms with Gasteiger partial charge in [0.2, 0.25) is 11.6 Å². The lowest BCUT2D eigenvalue weighted by Gasteiger charge is -1.92. The molecule has 0 fully saturated rings. The van der Waals surface area contributed by atoms with Gasteiger partial charge in [-0.25, -0.2) is 0 Å². The number of Topliss-reactive ketones (excluding diaryl/α,β-unsaturated/α-hetero) is 4. The fourth-order valence-corrected chi connectivity index (χ4v) is 0.884. The number of rotatable bonds is 5. The lowest BCUT2D eigenvalue weighted by molar-refractivity contribution is -0.147. The van der Waals surface area contributed by atoms with E-state index in [2.05, 4.69) is 31.9 Å². The molecule has 0 atom stereocenters. The Kier molecular flexibility index (Phi) is 5.16. The summed E-state index contributed by atoms with van der Waals surface area (Å²) in [7, 11) is 0. The van der Waals surface area contributed by atoms with Crippen LogP contribution in [0.25, 0.3) is 0 Å². The average molecular weight is 300 g/mol. The van der Waals surface area contributed by atoms with E-state index in [1.54, 1.807) is 0 Å². The average Bonchev–Trinajstić information content (AvgIpc) is 2.12. The zero-order valence-electron chi connectivity index (χ0n) is 5.80. The number of halogens is 2. The summed E-state index contributed by atoms with van der Waals surface area (Å²) < 4.78 is 0. The SMILES string of the molecule is O=C(CBr)C(=O)C(=O)C(=O)CBr. The van der Waals surface area contributed by atoms with Crippen molar-refractivity contribution in [2.75, 3.05) is 10.7 Å². The summed E-state index contributed by atoms with van der Waals surface area (Å²) in [6.45, 7) is 0. The minimum Gasteiger partial charge on any atom is -0.289 e. The highest BCUT2D eigenvalue weighted by Crippen LogP contribution is 1.91. The summed E-state index contributed by atoms with van der Waals surface area (Å²) >= 11 is 5.42. The Morgan fingerprint density at radius 3 is 1.17 bits per heavy atom. The van der Waals surface area contributed by atoms with E-state index in [0.717, 1.165) is 0 Å². The van der Waals surface area contributed by atoms with E-state index in [9.17, 15) is 19.2 Å².